The molecule has 1 saturated heterocycles. The van der Waals surface area contributed by atoms with E-state index in [9.17, 15) is 0 Å². The van der Waals surface area contributed by atoms with Crippen LogP contribution in [-0.2, 0) is 13.7 Å². The smallest absolute Gasteiger partial charge is 0.130 e. The molecule has 5 nitrogen and oxygen atoms in total. The normalized spacial score (nSPS) is 15.2. The topological polar surface area (TPSA) is 42.3 Å². The van der Waals surface area contributed by atoms with Crippen LogP contribution in [0.4, 0.5) is 5.69 Å². The highest BCUT2D eigenvalue weighted by Gasteiger charge is 2.11. The van der Waals surface area contributed by atoms with Gasteiger partial charge in [-0.1, -0.05) is 6.07 Å². The molecule has 1 fully saturated rings. The molecule has 2 heterocycles. The fourth-order valence-corrected chi connectivity index (χ4v) is 2.65. The van der Waals surface area contributed by atoms with Crippen molar-refractivity contribution in [2.45, 2.75) is 13.5 Å². The number of hydrogen-bond donors (Lipinski definition) is 1. The summed E-state index contributed by atoms with van der Waals surface area (Å²) in [6.45, 7) is 6.71. The Morgan fingerprint density at radius 3 is 2.76 bits per heavy atom. The molecule has 1 aromatic carbocycles. The first-order chi connectivity index (χ1) is 10.2. The Balaban J connectivity index is 1.67. The van der Waals surface area contributed by atoms with Crippen LogP contribution in [0.5, 0.6) is 5.75 Å². The van der Waals surface area contributed by atoms with Gasteiger partial charge in [0.1, 0.15) is 12.4 Å². The highest BCUT2D eigenvalue weighted by atomic mass is 16.5. The summed E-state index contributed by atoms with van der Waals surface area (Å²) in [6, 6.07) is 10.4. The molecule has 0 radical (unpaired) electrons. The molecular formula is C16H22N4O. The molecular weight excluding hydrogens is 264 g/mol. The predicted molar refractivity (Wildman–Crippen MR) is 83.8 cm³/mol. The van der Waals surface area contributed by atoms with E-state index in [4.69, 9.17) is 4.74 Å². The van der Waals surface area contributed by atoms with Crippen LogP contribution in [0.25, 0.3) is 0 Å². The van der Waals surface area contributed by atoms with Crippen molar-refractivity contribution < 1.29 is 4.74 Å². The maximum absolute atomic E-state index is 5.91. The second-order valence-electron chi connectivity index (χ2n) is 5.42. The van der Waals surface area contributed by atoms with Gasteiger partial charge >= 0.3 is 0 Å². The van der Waals surface area contributed by atoms with Gasteiger partial charge in [-0.2, -0.15) is 5.10 Å². The Labute approximate surface area is 125 Å². The molecule has 1 aliphatic rings. The first-order valence-corrected chi connectivity index (χ1v) is 7.40. The zero-order valence-corrected chi connectivity index (χ0v) is 12.7. The number of nitrogens with zero attached hydrogens (tertiary/aromatic N) is 3. The van der Waals surface area contributed by atoms with Crippen LogP contribution in [0.1, 0.15) is 11.4 Å². The van der Waals surface area contributed by atoms with E-state index in [-0.39, 0.29) is 0 Å². The summed E-state index contributed by atoms with van der Waals surface area (Å²) >= 11 is 0. The molecule has 0 saturated carbocycles. The standard InChI is InChI=1S/C16H22N4O/c1-13-10-15(19(2)18-13)12-21-16-5-3-4-14(11-16)20-8-6-17-7-9-20/h3-5,10-11,17H,6-9,12H2,1-2H3. The van der Waals surface area contributed by atoms with Gasteiger partial charge in [0.15, 0.2) is 0 Å². The van der Waals surface area contributed by atoms with E-state index in [1.54, 1.807) is 0 Å². The Hall–Kier alpha value is -2.01. The second-order valence-corrected chi connectivity index (χ2v) is 5.42. The number of nitrogens with one attached hydrogen (secondary N) is 1. The number of hydrogen-bond acceptors (Lipinski definition) is 4. The van der Waals surface area contributed by atoms with Crippen molar-refractivity contribution in [3.05, 3.63) is 41.7 Å². The Bertz CT molecular complexity index is 602. The van der Waals surface area contributed by atoms with Gasteiger partial charge in [-0.05, 0) is 25.1 Å². The summed E-state index contributed by atoms with van der Waals surface area (Å²) in [5.74, 6) is 0.907. The lowest BCUT2D eigenvalue weighted by Crippen LogP contribution is -2.43. The number of aromatic nitrogens is 2. The lowest BCUT2D eigenvalue weighted by atomic mass is 10.2. The number of anilines is 1. The average molecular weight is 286 g/mol. The van der Waals surface area contributed by atoms with E-state index in [0.29, 0.717) is 6.61 Å². The quantitative estimate of drug-likeness (QED) is 0.929. The zero-order valence-electron chi connectivity index (χ0n) is 12.7. The van der Waals surface area contributed by atoms with Gasteiger partial charge in [0.2, 0.25) is 0 Å². The van der Waals surface area contributed by atoms with E-state index in [2.05, 4.69) is 39.6 Å². The summed E-state index contributed by atoms with van der Waals surface area (Å²) in [6.07, 6.45) is 0. The van der Waals surface area contributed by atoms with Gasteiger partial charge in [-0.3, -0.25) is 4.68 Å². The summed E-state index contributed by atoms with van der Waals surface area (Å²) in [5.41, 5.74) is 3.33. The van der Waals surface area contributed by atoms with Gasteiger partial charge in [-0.25, -0.2) is 0 Å². The summed E-state index contributed by atoms with van der Waals surface area (Å²) < 4.78 is 7.79. The van der Waals surface area contributed by atoms with E-state index < -0.39 is 0 Å². The molecule has 1 aromatic heterocycles. The van der Waals surface area contributed by atoms with Gasteiger partial charge in [0.05, 0.1) is 11.4 Å². The monoisotopic (exact) mass is 286 g/mol. The third kappa shape index (κ3) is 3.36. The maximum atomic E-state index is 5.91. The van der Waals surface area contributed by atoms with Crippen molar-refractivity contribution >= 4 is 5.69 Å². The third-order valence-electron chi connectivity index (χ3n) is 3.79. The van der Waals surface area contributed by atoms with E-state index in [1.807, 2.05) is 24.7 Å². The number of rotatable bonds is 4. The summed E-state index contributed by atoms with van der Waals surface area (Å²) in [5, 5.41) is 7.71. The number of aryl methyl sites for hydroxylation is 2. The van der Waals surface area contributed by atoms with Gasteiger partial charge in [-0.15, -0.1) is 0 Å². The van der Waals surface area contributed by atoms with Crippen LogP contribution >= 0.6 is 0 Å². The predicted octanol–water partition coefficient (Wildman–Crippen LogP) is 1.72. The van der Waals surface area contributed by atoms with Crippen molar-refractivity contribution in [1.29, 1.82) is 0 Å². The first-order valence-electron chi connectivity index (χ1n) is 7.40. The molecule has 1 aliphatic heterocycles. The Kier molecular flexibility index (Phi) is 4.10. The van der Waals surface area contributed by atoms with E-state index in [1.165, 1.54) is 5.69 Å². The summed E-state index contributed by atoms with van der Waals surface area (Å²) in [4.78, 5) is 2.39. The second kappa shape index (κ2) is 6.18. The van der Waals surface area contributed by atoms with Crippen LogP contribution in [0, 0.1) is 6.92 Å². The molecule has 0 amide bonds. The molecule has 1 N–H and O–H groups in total. The number of benzene rings is 1. The lowest BCUT2D eigenvalue weighted by molar-refractivity contribution is 0.295. The van der Waals surface area contributed by atoms with Crippen molar-refractivity contribution in [2.24, 2.45) is 7.05 Å². The van der Waals surface area contributed by atoms with Crippen molar-refractivity contribution in [1.82, 2.24) is 15.1 Å². The molecule has 2 aromatic rings. The molecule has 112 valence electrons. The van der Waals surface area contributed by atoms with Gasteiger partial charge < -0.3 is 15.0 Å². The Morgan fingerprint density at radius 2 is 2.05 bits per heavy atom. The molecule has 0 bridgehead atoms. The van der Waals surface area contributed by atoms with E-state index in [0.717, 1.165) is 43.3 Å². The number of piperazine rings is 1. The lowest BCUT2D eigenvalue weighted by Gasteiger charge is -2.29. The number of ether oxygens (including phenoxy) is 1. The van der Waals surface area contributed by atoms with Crippen LogP contribution in [0.2, 0.25) is 0 Å². The van der Waals surface area contributed by atoms with Crippen molar-refractivity contribution in [2.75, 3.05) is 31.1 Å². The minimum absolute atomic E-state index is 0.544. The highest BCUT2D eigenvalue weighted by molar-refractivity contribution is 5.51. The third-order valence-corrected chi connectivity index (χ3v) is 3.79. The molecule has 0 unspecified atom stereocenters. The molecule has 3 rings (SSSR count). The largest absolute Gasteiger partial charge is 0.487 e. The average Bonchev–Trinajstić information content (AvgIpc) is 2.84. The Morgan fingerprint density at radius 1 is 1.24 bits per heavy atom. The highest BCUT2D eigenvalue weighted by Crippen LogP contribution is 2.22. The fraction of sp³-hybridized carbons (Fsp3) is 0.438. The van der Waals surface area contributed by atoms with Crippen LogP contribution < -0.4 is 15.0 Å². The fourth-order valence-electron chi connectivity index (χ4n) is 2.65. The minimum Gasteiger partial charge on any atom is -0.487 e. The van der Waals surface area contributed by atoms with Gasteiger partial charge in [0.25, 0.3) is 0 Å². The van der Waals surface area contributed by atoms with Crippen molar-refractivity contribution in [3.63, 3.8) is 0 Å². The van der Waals surface area contributed by atoms with Crippen LogP contribution in [0.3, 0.4) is 0 Å². The maximum Gasteiger partial charge on any atom is 0.130 e. The molecule has 0 atom stereocenters. The molecule has 0 spiro atoms. The summed E-state index contributed by atoms with van der Waals surface area (Å²) in [7, 11) is 1.95. The molecule has 5 heteroatoms. The molecule has 0 aliphatic carbocycles. The first kappa shape index (κ1) is 13.9. The van der Waals surface area contributed by atoms with Crippen LogP contribution in [-0.4, -0.2) is 36.0 Å². The minimum atomic E-state index is 0.544. The molecule has 21 heavy (non-hydrogen) atoms. The van der Waals surface area contributed by atoms with E-state index >= 15 is 0 Å². The van der Waals surface area contributed by atoms with Crippen LogP contribution in [0.15, 0.2) is 30.3 Å². The SMILES string of the molecule is Cc1cc(COc2cccc(N3CCNCC3)c2)n(C)n1. The zero-order chi connectivity index (χ0) is 14.7. The van der Waals surface area contributed by atoms with Gasteiger partial charge in [0, 0.05) is 45.0 Å². The van der Waals surface area contributed by atoms with Crippen molar-refractivity contribution in [3.8, 4) is 5.75 Å².